The van der Waals surface area contributed by atoms with Crippen molar-refractivity contribution in [3.63, 3.8) is 0 Å². The molecule has 36 heavy (non-hydrogen) atoms. The molecule has 0 bridgehead atoms. The number of aromatic amines is 1. The van der Waals surface area contributed by atoms with E-state index in [1.54, 1.807) is 6.20 Å². The Morgan fingerprint density at radius 2 is 1.78 bits per heavy atom. The first-order valence-electron chi connectivity index (χ1n) is 11.2. The molecule has 14 heteroatoms. The van der Waals surface area contributed by atoms with E-state index in [2.05, 4.69) is 25.9 Å². The zero-order chi connectivity index (χ0) is 26.7. The zero-order valence-electron chi connectivity index (χ0n) is 19.6. The highest BCUT2D eigenvalue weighted by molar-refractivity contribution is 5.93. The third kappa shape index (κ3) is 8.56. The lowest BCUT2D eigenvalue weighted by atomic mass is 10.0. The normalized spacial score (nSPS) is 13.3. The molecule has 196 valence electrons. The number of aliphatic carboxylic acids is 1. The fourth-order valence-electron chi connectivity index (χ4n) is 3.38. The molecule has 0 saturated heterocycles. The van der Waals surface area contributed by atoms with E-state index in [1.807, 2.05) is 24.3 Å². The molecule has 3 amide bonds. The smallest absolute Gasteiger partial charge is 0.328 e. The number of carboxylic acids is 1. The van der Waals surface area contributed by atoms with Crippen molar-refractivity contribution in [1.29, 1.82) is 0 Å². The van der Waals surface area contributed by atoms with Crippen LogP contribution in [0.4, 0.5) is 0 Å². The first kappa shape index (κ1) is 28.1. The Balaban J connectivity index is 2.08. The van der Waals surface area contributed by atoms with Crippen LogP contribution in [0.15, 0.2) is 35.5 Å². The van der Waals surface area contributed by atoms with E-state index in [9.17, 15) is 19.2 Å². The van der Waals surface area contributed by atoms with Crippen LogP contribution in [0.3, 0.4) is 0 Å². The molecule has 0 aliphatic heterocycles. The summed E-state index contributed by atoms with van der Waals surface area (Å²) in [6.07, 6.45) is 2.53. The molecule has 0 fully saturated rings. The largest absolute Gasteiger partial charge is 0.480 e. The number of hydrogen-bond acceptors (Lipinski definition) is 7. The summed E-state index contributed by atoms with van der Waals surface area (Å²) in [4.78, 5) is 55.5. The van der Waals surface area contributed by atoms with Gasteiger partial charge in [0.15, 0.2) is 5.96 Å². The van der Waals surface area contributed by atoms with E-state index in [1.165, 1.54) is 0 Å². The number of aromatic nitrogens is 1. The van der Waals surface area contributed by atoms with Gasteiger partial charge in [0.1, 0.15) is 12.1 Å². The van der Waals surface area contributed by atoms with E-state index in [-0.39, 0.29) is 18.8 Å². The number of hydrogen-bond donors (Lipinski definition) is 9. The summed E-state index contributed by atoms with van der Waals surface area (Å²) < 4.78 is 0. The number of carbonyl (C=O) groups excluding carboxylic acids is 3. The molecule has 0 aliphatic carbocycles. The average molecular weight is 505 g/mol. The van der Waals surface area contributed by atoms with Gasteiger partial charge < -0.3 is 48.3 Å². The Morgan fingerprint density at radius 1 is 1.06 bits per heavy atom. The molecule has 12 N–H and O–H groups in total. The van der Waals surface area contributed by atoms with Crippen molar-refractivity contribution in [1.82, 2.24) is 20.9 Å². The lowest BCUT2D eigenvalue weighted by Gasteiger charge is -2.21. The highest BCUT2D eigenvalue weighted by atomic mass is 16.4. The van der Waals surface area contributed by atoms with Crippen LogP contribution in [0, 0.1) is 0 Å². The monoisotopic (exact) mass is 504 g/mol. The number of nitrogens with one attached hydrogen (secondary N) is 4. The van der Waals surface area contributed by atoms with Gasteiger partial charge in [0.25, 0.3) is 0 Å². The number of aliphatic hydroxyl groups excluding tert-OH is 1. The van der Waals surface area contributed by atoms with Gasteiger partial charge in [-0.05, 0) is 24.5 Å². The van der Waals surface area contributed by atoms with Gasteiger partial charge in [-0.1, -0.05) is 18.2 Å². The maximum absolute atomic E-state index is 12.9. The Bertz CT molecular complexity index is 1100. The van der Waals surface area contributed by atoms with E-state index in [4.69, 9.17) is 27.4 Å². The van der Waals surface area contributed by atoms with Gasteiger partial charge in [-0.2, -0.15) is 0 Å². The summed E-state index contributed by atoms with van der Waals surface area (Å²) in [6.45, 7) is -1.08. The first-order valence-corrected chi connectivity index (χ1v) is 11.2. The number of H-pyrrole nitrogens is 1. The van der Waals surface area contributed by atoms with Crippen LogP contribution < -0.4 is 33.2 Å². The number of aliphatic hydroxyl groups is 1. The molecule has 0 spiro atoms. The molecule has 0 saturated carbocycles. The molecule has 1 heterocycles. The number of carboxylic acid groups (broad SMARTS) is 1. The van der Waals surface area contributed by atoms with Gasteiger partial charge >= 0.3 is 5.97 Å². The summed E-state index contributed by atoms with van der Waals surface area (Å²) in [5.74, 6) is -3.56. The van der Waals surface area contributed by atoms with Gasteiger partial charge in [0.05, 0.1) is 19.2 Å². The quantitative estimate of drug-likeness (QED) is 0.0733. The van der Waals surface area contributed by atoms with Crippen molar-refractivity contribution in [2.75, 3.05) is 19.7 Å². The third-order valence-corrected chi connectivity index (χ3v) is 5.28. The number of carbonyl (C=O) groups is 4. The summed E-state index contributed by atoms with van der Waals surface area (Å²) >= 11 is 0. The minimum atomic E-state index is -1.51. The molecular formula is C22H32N8O6. The fraction of sp³-hybridized carbons (Fsp3) is 0.409. The Morgan fingerprint density at radius 3 is 2.44 bits per heavy atom. The van der Waals surface area contributed by atoms with Gasteiger partial charge in [-0.15, -0.1) is 0 Å². The number of amides is 3. The van der Waals surface area contributed by atoms with Gasteiger partial charge in [-0.3, -0.25) is 19.4 Å². The maximum atomic E-state index is 12.9. The molecule has 14 nitrogen and oxygen atoms in total. The SMILES string of the molecule is NC(N)=NCCCC(N)C(=O)NC(Cc1c[nH]c2ccccc12)C(=O)NCC(=O)NC(CO)C(=O)O. The number of nitrogens with two attached hydrogens (primary N) is 3. The van der Waals surface area contributed by atoms with E-state index < -0.39 is 55.0 Å². The fourth-order valence-corrected chi connectivity index (χ4v) is 3.38. The summed E-state index contributed by atoms with van der Waals surface area (Å²) in [6, 6.07) is 3.90. The Kier molecular flexibility index (Phi) is 10.6. The van der Waals surface area contributed by atoms with Crippen LogP contribution in [0.2, 0.25) is 0 Å². The number of fused-ring (bicyclic) bond motifs is 1. The van der Waals surface area contributed by atoms with Crippen LogP contribution in [0.1, 0.15) is 18.4 Å². The maximum Gasteiger partial charge on any atom is 0.328 e. The van der Waals surface area contributed by atoms with Crippen LogP contribution in [0.25, 0.3) is 10.9 Å². The lowest BCUT2D eigenvalue weighted by Crippen LogP contribution is -2.54. The van der Waals surface area contributed by atoms with E-state index in [0.29, 0.717) is 13.0 Å². The molecule has 2 rings (SSSR count). The van der Waals surface area contributed by atoms with Crippen molar-refractivity contribution >= 4 is 40.6 Å². The first-order chi connectivity index (χ1) is 17.1. The number of guanidine groups is 1. The van der Waals surface area contributed by atoms with Crippen LogP contribution in [-0.4, -0.2) is 82.7 Å². The van der Waals surface area contributed by atoms with Crippen molar-refractivity contribution in [3.05, 3.63) is 36.0 Å². The van der Waals surface area contributed by atoms with Gasteiger partial charge in [-0.25, -0.2) is 4.79 Å². The predicted octanol–water partition coefficient (Wildman–Crippen LogP) is -2.75. The number of aliphatic imine (C=N–C) groups is 1. The van der Waals surface area contributed by atoms with E-state index in [0.717, 1.165) is 16.5 Å². The number of para-hydroxylation sites is 1. The van der Waals surface area contributed by atoms with Gasteiger partial charge in [0, 0.05) is 30.1 Å². The molecule has 0 radical (unpaired) electrons. The lowest BCUT2D eigenvalue weighted by molar-refractivity contribution is -0.142. The van der Waals surface area contributed by atoms with Gasteiger partial charge in [0.2, 0.25) is 17.7 Å². The number of nitrogens with zero attached hydrogens (tertiary/aromatic N) is 1. The standard InChI is InChI=1S/C22H32N8O6/c23-14(5-3-7-26-22(24)25)19(33)30-16(8-12-9-27-15-6-2-1-4-13(12)15)20(34)28-10-18(32)29-17(11-31)21(35)36/h1-2,4,6,9,14,16-17,27,31H,3,5,7-8,10-11,23H2,(H,28,34)(H,29,32)(H,30,33)(H,35,36)(H4,24,25,26). The Hall–Kier alpha value is -4.17. The molecule has 1 aromatic carbocycles. The molecule has 0 aliphatic rings. The van der Waals surface area contributed by atoms with Crippen molar-refractivity contribution in [2.24, 2.45) is 22.2 Å². The van der Waals surface area contributed by atoms with Crippen LogP contribution in [0.5, 0.6) is 0 Å². The second-order valence-corrected chi connectivity index (χ2v) is 8.04. The van der Waals surface area contributed by atoms with E-state index >= 15 is 0 Å². The second-order valence-electron chi connectivity index (χ2n) is 8.04. The average Bonchev–Trinajstić information content (AvgIpc) is 3.25. The van der Waals surface area contributed by atoms with Crippen LogP contribution in [-0.2, 0) is 25.6 Å². The third-order valence-electron chi connectivity index (χ3n) is 5.28. The predicted molar refractivity (Wildman–Crippen MR) is 131 cm³/mol. The summed E-state index contributed by atoms with van der Waals surface area (Å²) in [5.41, 5.74) is 18.1. The molecule has 3 unspecified atom stereocenters. The second kappa shape index (κ2) is 13.7. The van der Waals surface area contributed by atoms with Crippen molar-refractivity contribution < 1.29 is 29.4 Å². The molecular weight excluding hydrogens is 472 g/mol. The summed E-state index contributed by atoms with van der Waals surface area (Å²) in [7, 11) is 0. The minimum Gasteiger partial charge on any atom is -0.480 e. The highest BCUT2D eigenvalue weighted by Crippen LogP contribution is 2.19. The van der Waals surface area contributed by atoms with Crippen molar-refractivity contribution in [3.8, 4) is 0 Å². The molecule has 3 atom stereocenters. The highest BCUT2D eigenvalue weighted by Gasteiger charge is 2.26. The number of benzene rings is 1. The zero-order valence-corrected chi connectivity index (χ0v) is 19.6. The Labute approximate surface area is 206 Å². The van der Waals surface area contributed by atoms with Crippen LogP contribution >= 0.6 is 0 Å². The molecule has 1 aromatic heterocycles. The molecule has 2 aromatic rings. The number of rotatable bonds is 14. The van der Waals surface area contributed by atoms with Crippen molar-refractivity contribution in [2.45, 2.75) is 37.4 Å². The minimum absolute atomic E-state index is 0.0683. The summed E-state index contributed by atoms with van der Waals surface area (Å²) in [5, 5.41) is 25.9. The topological polar surface area (TPSA) is 251 Å².